The van der Waals surface area contributed by atoms with Gasteiger partial charge in [-0.2, -0.15) is 0 Å². The van der Waals surface area contributed by atoms with Crippen LogP contribution in [0.2, 0.25) is 0 Å². The standard InChI is InChI=1S/C18H19N3O3/c19-18(23)21-17(22)16(12-6-2-1-3-7-12)20-14-10-11-24-15-9-5-4-8-13(14)15/h1-9,14,16,20H,10-11H2,(H3,19,21,22,23)/p+1/t14-,16-/m1/s1. The highest BCUT2D eigenvalue weighted by Crippen LogP contribution is 2.29. The molecule has 6 nitrogen and oxygen atoms in total. The predicted octanol–water partition coefficient (Wildman–Crippen LogP) is 1.01. The topological polar surface area (TPSA) is 98.0 Å². The summed E-state index contributed by atoms with van der Waals surface area (Å²) in [5.74, 6) is 0.421. The van der Waals surface area contributed by atoms with Crippen molar-refractivity contribution in [1.29, 1.82) is 0 Å². The lowest BCUT2D eigenvalue weighted by atomic mass is 9.97. The number of quaternary nitrogens is 1. The minimum absolute atomic E-state index is 0.0683. The van der Waals surface area contributed by atoms with Crippen molar-refractivity contribution in [2.45, 2.75) is 18.5 Å². The molecule has 3 rings (SSSR count). The van der Waals surface area contributed by atoms with Gasteiger partial charge in [-0.1, -0.05) is 42.5 Å². The summed E-state index contributed by atoms with van der Waals surface area (Å²) < 4.78 is 5.67. The summed E-state index contributed by atoms with van der Waals surface area (Å²) >= 11 is 0. The third kappa shape index (κ3) is 3.55. The number of amides is 3. The Kier molecular flexibility index (Phi) is 4.77. The van der Waals surface area contributed by atoms with Crippen LogP contribution in [0, 0.1) is 0 Å². The first-order chi connectivity index (χ1) is 11.6. The minimum atomic E-state index is -0.846. The number of imide groups is 1. The molecule has 124 valence electrons. The van der Waals surface area contributed by atoms with E-state index < -0.39 is 18.0 Å². The maximum Gasteiger partial charge on any atom is 0.319 e. The van der Waals surface area contributed by atoms with Crippen LogP contribution in [0.15, 0.2) is 54.6 Å². The molecule has 1 aliphatic heterocycles. The Hall–Kier alpha value is -2.86. The number of carbonyl (C=O) groups excluding carboxylic acids is 2. The van der Waals surface area contributed by atoms with Crippen molar-refractivity contribution in [3.05, 3.63) is 65.7 Å². The van der Waals surface area contributed by atoms with E-state index in [-0.39, 0.29) is 6.04 Å². The van der Waals surface area contributed by atoms with E-state index in [0.717, 1.165) is 23.3 Å². The number of benzene rings is 2. The first-order valence-electron chi connectivity index (χ1n) is 7.87. The number of fused-ring (bicyclic) bond motifs is 1. The number of rotatable bonds is 4. The second-order valence-electron chi connectivity index (χ2n) is 5.72. The first kappa shape index (κ1) is 16.0. The molecule has 0 aliphatic carbocycles. The van der Waals surface area contributed by atoms with E-state index in [1.165, 1.54) is 0 Å². The minimum Gasteiger partial charge on any atom is -0.493 e. The molecule has 5 N–H and O–H groups in total. The summed E-state index contributed by atoms with van der Waals surface area (Å²) in [5, 5.41) is 4.16. The summed E-state index contributed by atoms with van der Waals surface area (Å²) in [6.45, 7) is 0.594. The van der Waals surface area contributed by atoms with Crippen LogP contribution >= 0.6 is 0 Å². The van der Waals surface area contributed by atoms with Crippen molar-refractivity contribution in [2.75, 3.05) is 6.61 Å². The van der Waals surface area contributed by atoms with E-state index in [1.807, 2.05) is 59.9 Å². The second kappa shape index (κ2) is 7.14. The Morgan fingerprint density at radius 2 is 1.83 bits per heavy atom. The number of ether oxygens (including phenoxy) is 1. The van der Waals surface area contributed by atoms with Crippen LogP contribution in [-0.2, 0) is 4.79 Å². The molecule has 0 spiro atoms. The highest BCUT2D eigenvalue weighted by atomic mass is 16.5. The Bertz CT molecular complexity index is 733. The molecule has 0 saturated carbocycles. The quantitative estimate of drug-likeness (QED) is 0.782. The Balaban J connectivity index is 1.87. The van der Waals surface area contributed by atoms with Gasteiger partial charge in [0.2, 0.25) is 0 Å². The lowest BCUT2D eigenvalue weighted by Crippen LogP contribution is -2.89. The fraction of sp³-hybridized carbons (Fsp3) is 0.222. The number of primary amides is 1. The van der Waals surface area contributed by atoms with Crippen molar-refractivity contribution in [3.63, 3.8) is 0 Å². The third-order valence-corrected chi connectivity index (χ3v) is 4.12. The van der Waals surface area contributed by atoms with Gasteiger partial charge in [0.1, 0.15) is 11.8 Å². The van der Waals surface area contributed by atoms with Crippen molar-refractivity contribution in [3.8, 4) is 5.75 Å². The van der Waals surface area contributed by atoms with Gasteiger partial charge in [0.25, 0.3) is 5.91 Å². The Morgan fingerprint density at radius 3 is 2.58 bits per heavy atom. The van der Waals surface area contributed by atoms with Crippen LogP contribution in [0.3, 0.4) is 0 Å². The molecule has 0 bridgehead atoms. The van der Waals surface area contributed by atoms with Gasteiger partial charge in [0, 0.05) is 12.0 Å². The normalized spacial score (nSPS) is 17.2. The van der Waals surface area contributed by atoms with Crippen LogP contribution in [0.5, 0.6) is 5.75 Å². The van der Waals surface area contributed by atoms with Crippen LogP contribution in [0.1, 0.15) is 29.6 Å². The van der Waals surface area contributed by atoms with Crippen LogP contribution < -0.4 is 21.1 Å². The molecule has 0 saturated heterocycles. The van der Waals surface area contributed by atoms with Gasteiger partial charge in [-0.25, -0.2) is 4.79 Å². The molecule has 2 aromatic carbocycles. The number of carbonyl (C=O) groups is 2. The predicted molar refractivity (Wildman–Crippen MR) is 88.1 cm³/mol. The average molecular weight is 326 g/mol. The van der Waals surface area contributed by atoms with Crippen molar-refractivity contribution in [1.82, 2.24) is 5.32 Å². The number of hydrogen-bond donors (Lipinski definition) is 3. The summed E-state index contributed by atoms with van der Waals surface area (Å²) in [6.07, 6.45) is 0.782. The number of nitrogens with two attached hydrogens (primary N) is 2. The van der Waals surface area contributed by atoms with Crippen LogP contribution in [-0.4, -0.2) is 18.5 Å². The van der Waals surface area contributed by atoms with E-state index in [0.29, 0.717) is 6.61 Å². The van der Waals surface area contributed by atoms with Crippen molar-refractivity contribution < 1.29 is 19.6 Å². The molecule has 1 aliphatic rings. The molecular weight excluding hydrogens is 306 g/mol. The monoisotopic (exact) mass is 326 g/mol. The van der Waals surface area contributed by atoms with E-state index in [9.17, 15) is 9.59 Å². The lowest BCUT2D eigenvalue weighted by molar-refractivity contribution is -0.723. The van der Waals surface area contributed by atoms with Gasteiger partial charge in [0.15, 0.2) is 6.04 Å². The van der Waals surface area contributed by atoms with Crippen LogP contribution in [0.4, 0.5) is 4.79 Å². The second-order valence-corrected chi connectivity index (χ2v) is 5.72. The molecule has 3 amide bonds. The molecule has 0 radical (unpaired) electrons. The molecule has 0 aromatic heterocycles. The van der Waals surface area contributed by atoms with Gasteiger partial charge in [-0.15, -0.1) is 0 Å². The van der Waals surface area contributed by atoms with Gasteiger partial charge in [-0.05, 0) is 12.1 Å². The van der Waals surface area contributed by atoms with E-state index in [2.05, 4.69) is 5.32 Å². The van der Waals surface area contributed by atoms with Crippen molar-refractivity contribution >= 4 is 11.9 Å². The van der Waals surface area contributed by atoms with E-state index in [4.69, 9.17) is 10.5 Å². The largest absolute Gasteiger partial charge is 0.493 e. The number of hydrogen-bond acceptors (Lipinski definition) is 3. The zero-order chi connectivity index (χ0) is 16.9. The molecular formula is C18H20N3O3+. The molecule has 2 atom stereocenters. The number of urea groups is 1. The summed E-state index contributed by atoms with van der Waals surface area (Å²) in [4.78, 5) is 23.6. The first-order valence-corrected chi connectivity index (χ1v) is 7.87. The van der Waals surface area contributed by atoms with Gasteiger partial charge >= 0.3 is 6.03 Å². The third-order valence-electron chi connectivity index (χ3n) is 4.12. The van der Waals surface area contributed by atoms with Gasteiger partial charge < -0.3 is 15.8 Å². The summed E-state index contributed by atoms with van der Waals surface area (Å²) in [5.41, 5.74) is 6.99. The fourth-order valence-electron chi connectivity index (χ4n) is 3.01. The molecule has 24 heavy (non-hydrogen) atoms. The van der Waals surface area contributed by atoms with Crippen molar-refractivity contribution in [2.24, 2.45) is 5.73 Å². The van der Waals surface area contributed by atoms with Gasteiger partial charge in [-0.3, -0.25) is 10.1 Å². The molecule has 6 heteroatoms. The highest BCUT2D eigenvalue weighted by molar-refractivity contribution is 5.96. The molecule has 2 aromatic rings. The zero-order valence-electron chi connectivity index (χ0n) is 13.1. The average Bonchev–Trinajstić information content (AvgIpc) is 2.60. The lowest BCUT2D eigenvalue weighted by Gasteiger charge is -2.27. The van der Waals surface area contributed by atoms with E-state index in [1.54, 1.807) is 0 Å². The molecule has 0 fully saturated rings. The maximum atomic E-state index is 12.5. The van der Waals surface area contributed by atoms with Crippen LogP contribution in [0.25, 0.3) is 0 Å². The summed E-state index contributed by atoms with van der Waals surface area (Å²) in [7, 11) is 0. The maximum absolute atomic E-state index is 12.5. The number of nitrogens with one attached hydrogen (secondary N) is 1. The zero-order valence-corrected chi connectivity index (χ0v) is 13.1. The molecule has 0 unspecified atom stereocenters. The highest BCUT2D eigenvalue weighted by Gasteiger charge is 2.32. The fourth-order valence-corrected chi connectivity index (χ4v) is 3.01. The Labute approximate surface area is 140 Å². The molecule has 1 heterocycles. The number of para-hydroxylation sites is 1. The SMILES string of the molecule is NC(=O)NC(=O)[C@H]([NH2+][C@@H]1CCOc2ccccc21)c1ccccc1. The van der Waals surface area contributed by atoms with E-state index >= 15 is 0 Å². The van der Waals surface area contributed by atoms with Gasteiger partial charge in [0.05, 0.1) is 12.2 Å². The summed E-state index contributed by atoms with van der Waals surface area (Å²) in [6, 6.07) is 15.8. The Morgan fingerprint density at radius 1 is 1.12 bits per heavy atom. The smallest absolute Gasteiger partial charge is 0.319 e.